The first kappa shape index (κ1) is 18.7. The Hall–Kier alpha value is -2.08. The van der Waals surface area contributed by atoms with Gasteiger partial charge in [-0.05, 0) is 43.6 Å². The number of carbonyl (C=O) groups excluding carboxylic acids is 1. The summed E-state index contributed by atoms with van der Waals surface area (Å²) in [6.45, 7) is 4.92. The molecule has 6 nitrogen and oxygen atoms in total. The van der Waals surface area contributed by atoms with Crippen molar-refractivity contribution in [3.05, 3.63) is 35.9 Å². The second kappa shape index (κ2) is 8.54. The van der Waals surface area contributed by atoms with Gasteiger partial charge < -0.3 is 15.7 Å². The van der Waals surface area contributed by atoms with Crippen molar-refractivity contribution in [3.8, 4) is 0 Å². The molecule has 3 rings (SSSR count). The lowest BCUT2D eigenvalue weighted by Gasteiger charge is -2.22. The van der Waals surface area contributed by atoms with Gasteiger partial charge in [0.1, 0.15) is 0 Å². The van der Waals surface area contributed by atoms with Gasteiger partial charge in [0, 0.05) is 38.1 Å². The Labute approximate surface area is 155 Å². The van der Waals surface area contributed by atoms with Crippen molar-refractivity contribution in [1.82, 2.24) is 15.5 Å². The molecule has 0 bridgehead atoms. The van der Waals surface area contributed by atoms with Gasteiger partial charge >= 0.3 is 6.09 Å². The molecule has 4 atom stereocenters. The summed E-state index contributed by atoms with van der Waals surface area (Å²) < 4.78 is 0. The lowest BCUT2D eigenvalue weighted by atomic mass is 9.97. The van der Waals surface area contributed by atoms with Crippen LogP contribution >= 0.6 is 0 Å². The highest BCUT2D eigenvalue weighted by atomic mass is 16.4. The Balaban J connectivity index is 1.44. The van der Waals surface area contributed by atoms with Crippen molar-refractivity contribution in [2.45, 2.75) is 51.2 Å². The van der Waals surface area contributed by atoms with Gasteiger partial charge in [0.05, 0.1) is 0 Å². The Morgan fingerprint density at radius 3 is 2.73 bits per heavy atom. The Morgan fingerprint density at radius 2 is 2.00 bits per heavy atom. The van der Waals surface area contributed by atoms with Gasteiger partial charge in [-0.15, -0.1) is 0 Å². The molecule has 2 fully saturated rings. The van der Waals surface area contributed by atoms with Crippen LogP contribution in [0.3, 0.4) is 0 Å². The van der Waals surface area contributed by atoms with E-state index in [-0.39, 0.29) is 18.0 Å². The molecule has 0 aromatic heterocycles. The Bertz CT molecular complexity index is 622. The molecule has 1 aromatic rings. The predicted octanol–water partition coefficient (Wildman–Crippen LogP) is 2.45. The van der Waals surface area contributed by atoms with E-state index in [4.69, 9.17) is 5.11 Å². The average Bonchev–Trinajstić information content (AvgIpc) is 3.15. The van der Waals surface area contributed by atoms with Crippen LogP contribution in [0, 0.1) is 11.8 Å². The number of hydrogen-bond donors (Lipinski definition) is 3. The molecule has 1 aromatic carbocycles. The van der Waals surface area contributed by atoms with E-state index in [0.717, 1.165) is 26.1 Å². The van der Waals surface area contributed by atoms with Crippen molar-refractivity contribution in [2.24, 2.45) is 11.8 Å². The minimum atomic E-state index is -1.04. The van der Waals surface area contributed by atoms with Crippen LogP contribution in [-0.2, 0) is 11.3 Å². The Morgan fingerprint density at radius 1 is 1.23 bits per heavy atom. The maximum absolute atomic E-state index is 12.3. The standard InChI is InChI=1S/C20H29N3O3/c1-14(21-20(25)26)7-10-19(24)22-18-9-8-16-12-23(13-17(16)18)11-15-5-3-2-4-6-15/h2-6,14,16-18,21H,7-13H2,1H3,(H,22,24)(H,25,26)/t14?,16-,17+,18+/m1/s1. The molecule has 2 aliphatic rings. The fourth-order valence-corrected chi connectivity index (χ4v) is 4.42. The van der Waals surface area contributed by atoms with E-state index in [0.29, 0.717) is 24.7 Å². The van der Waals surface area contributed by atoms with Crippen molar-refractivity contribution in [2.75, 3.05) is 13.1 Å². The number of rotatable bonds is 7. The van der Waals surface area contributed by atoms with E-state index in [1.807, 2.05) is 6.07 Å². The smallest absolute Gasteiger partial charge is 0.404 e. The van der Waals surface area contributed by atoms with Gasteiger partial charge in [-0.2, -0.15) is 0 Å². The minimum Gasteiger partial charge on any atom is -0.465 e. The monoisotopic (exact) mass is 359 g/mol. The molecule has 1 heterocycles. The highest BCUT2D eigenvalue weighted by Crippen LogP contribution is 2.38. The largest absolute Gasteiger partial charge is 0.465 e. The average molecular weight is 359 g/mol. The molecule has 1 aliphatic heterocycles. The zero-order valence-electron chi connectivity index (χ0n) is 15.4. The maximum Gasteiger partial charge on any atom is 0.404 e. The lowest BCUT2D eigenvalue weighted by molar-refractivity contribution is -0.122. The second-order valence-electron chi connectivity index (χ2n) is 7.74. The van der Waals surface area contributed by atoms with Crippen LogP contribution in [0.2, 0.25) is 0 Å². The fraction of sp³-hybridized carbons (Fsp3) is 0.600. The first-order chi connectivity index (χ1) is 12.5. The number of carbonyl (C=O) groups is 2. The summed E-state index contributed by atoms with van der Waals surface area (Å²) in [7, 11) is 0. The minimum absolute atomic E-state index is 0.0381. The zero-order chi connectivity index (χ0) is 18.5. The predicted molar refractivity (Wildman–Crippen MR) is 99.7 cm³/mol. The summed E-state index contributed by atoms with van der Waals surface area (Å²) in [5.74, 6) is 1.25. The second-order valence-corrected chi connectivity index (χ2v) is 7.74. The van der Waals surface area contributed by atoms with Gasteiger partial charge in [-0.1, -0.05) is 30.3 Å². The summed E-state index contributed by atoms with van der Waals surface area (Å²) in [5.41, 5.74) is 1.34. The molecule has 1 unspecified atom stereocenters. The van der Waals surface area contributed by atoms with Crippen molar-refractivity contribution in [1.29, 1.82) is 0 Å². The molecule has 6 heteroatoms. The SMILES string of the molecule is CC(CCC(=O)N[C@H]1CC[C@@H]2CN(Cc3ccccc3)C[C@@H]21)NC(=O)O. The van der Waals surface area contributed by atoms with Gasteiger partial charge in [-0.3, -0.25) is 9.69 Å². The van der Waals surface area contributed by atoms with Gasteiger partial charge in [-0.25, -0.2) is 4.79 Å². The number of nitrogens with zero attached hydrogens (tertiary/aromatic N) is 1. The number of benzene rings is 1. The van der Waals surface area contributed by atoms with Crippen molar-refractivity contribution in [3.63, 3.8) is 0 Å². The lowest BCUT2D eigenvalue weighted by Crippen LogP contribution is -2.40. The van der Waals surface area contributed by atoms with E-state index < -0.39 is 6.09 Å². The molecule has 1 aliphatic carbocycles. The first-order valence-electron chi connectivity index (χ1n) is 9.56. The third-order valence-electron chi connectivity index (χ3n) is 5.70. The molecule has 3 N–H and O–H groups in total. The van der Waals surface area contributed by atoms with E-state index in [1.54, 1.807) is 6.92 Å². The number of likely N-dealkylation sites (tertiary alicyclic amines) is 1. The normalized spacial score (nSPS) is 26.3. The van der Waals surface area contributed by atoms with E-state index >= 15 is 0 Å². The summed E-state index contributed by atoms with van der Waals surface area (Å²) in [4.78, 5) is 25.4. The molecule has 1 saturated heterocycles. The fourth-order valence-electron chi connectivity index (χ4n) is 4.42. The molecule has 2 amide bonds. The number of carboxylic acid groups (broad SMARTS) is 1. The number of amides is 2. The van der Waals surface area contributed by atoms with Crippen molar-refractivity contribution >= 4 is 12.0 Å². The number of hydrogen-bond acceptors (Lipinski definition) is 3. The van der Waals surface area contributed by atoms with Crippen LogP contribution in [0.15, 0.2) is 30.3 Å². The first-order valence-corrected chi connectivity index (χ1v) is 9.56. The van der Waals surface area contributed by atoms with E-state index in [2.05, 4.69) is 39.8 Å². The molecule has 1 saturated carbocycles. The number of nitrogens with one attached hydrogen (secondary N) is 2. The molecule has 26 heavy (non-hydrogen) atoms. The molecular weight excluding hydrogens is 330 g/mol. The third-order valence-corrected chi connectivity index (χ3v) is 5.70. The van der Waals surface area contributed by atoms with E-state index in [9.17, 15) is 9.59 Å². The van der Waals surface area contributed by atoms with Crippen LogP contribution in [0.25, 0.3) is 0 Å². The summed E-state index contributed by atoms with van der Waals surface area (Å²) in [5, 5.41) is 14.3. The maximum atomic E-state index is 12.3. The third kappa shape index (κ3) is 4.97. The Kier molecular flexibility index (Phi) is 6.14. The quantitative estimate of drug-likeness (QED) is 0.698. The summed E-state index contributed by atoms with van der Waals surface area (Å²) in [6, 6.07) is 10.6. The molecular formula is C20H29N3O3. The molecule has 0 radical (unpaired) electrons. The highest BCUT2D eigenvalue weighted by molar-refractivity contribution is 5.76. The van der Waals surface area contributed by atoms with Gasteiger partial charge in [0.15, 0.2) is 0 Å². The van der Waals surface area contributed by atoms with E-state index in [1.165, 1.54) is 12.0 Å². The van der Waals surface area contributed by atoms with Crippen LogP contribution in [-0.4, -0.2) is 47.2 Å². The topological polar surface area (TPSA) is 81.7 Å². The summed E-state index contributed by atoms with van der Waals surface area (Å²) >= 11 is 0. The van der Waals surface area contributed by atoms with Crippen molar-refractivity contribution < 1.29 is 14.7 Å². The molecule has 142 valence electrons. The van der Waals surface area contributed by atoms with Crippen LogP contribution < -0.4 is 10.6 Å². The van der Waals surface area contributed by atoms with Crippen LogP contribution in [0.5, 0.6) is 0 Å². The molecule has 0 spiro atoms. The van der Waals surface area contributed by atoms with Gasteiger partial charge in [0.2, 0.25) is 5.91 Å². The highest BCUT2D eigenvalue weighted by Gasteiger charge is 2.42. The van der Waals surface area contributed by atoms with Gasteiger partial charge in [0.25, 0.3) is 0 Å². The van der Waals surface area contributed by atoms with Crippen LogP contribution in [0.1, 0.15) is 38.2 Å². The summed E-state index contributed by atoms with van der Waals surface area (Å²) in [6.07, 6.45) is 2.09. The number of fused-ring (bicyclic) bond motifs is 1. The van der Waals surface area contributed by atoms with Crippen LogP contribution in [0.4, 0.5) is 4.79 Å². The zero-order valence-corrected chi connectivity index (χ0v) is 15.4.